The van der Waals surface area contributed by atoms with Crippen LogP contribution in [0, 0.1) is 17.5 Å². The number of sulfonamides is 1. The first kappa shape index (κ1) is 19.7. The lowest BCUT2D eigenvalue weighted by Crippen LogP contribution is -2.43. The molecule has 0 unspecified atom stereocenters. The average Bonchev–Trinajstić information content (AvgIpc) is 2.67. The SMILES string of the molecule is O=S(=O)(c1ccc(F)c(F)c1F)N(CCN1CCOCC1)c1ccccc1. The van der Waals surface area contributed by atoms with E-state index in [1.807, 2.05) is 4.90 Å². The van der Waals surface area contributed by atoms with Gasteiger partial charge in [0.15, 0.2) is 17.5 Å². The van der Waals surface area contributed by atoms with Crippen molar-refractivity contribution in [3.05, 3.63) is 59.9 Å². The molecule has 2 aromatic rings. The number of morpholine rings is 1. The van der Waals surface area contributed by atoms with E-state index < -0.39 is 32.4 Å². The topological polar surface area (TPSA) is 49.9 Å². The molecule has 0 spiro atoms. The number of para-hydroxylation sites is 1. The number of halogens is 3. The lowest BCUT2D eigenvalue weighted by Gasteiger charge is -2.30. The molecule has 1 heterocycles. The molecular formula is C18H19F3N2O3S. The monoisotopic (exact) mass is 400 g/mol. The molecular weight excluding hydrogens is 381 g/mol. The molecule has 0 amide bonds. The van der Waals surface area contributed by atoms with Crippen LogP contribution < -0.4 is 4.31 Å². The van der Waals surface area contributed by atoms with E-state index in [-0.39, 0.29) is 6.54 Å². The number of hydrogen-bond donors (Lipinski definition) is 0. The summed E-state index contributed by atoms with van der Waals surface area (Å²) in [5, 5.41) is 0. The number of benzene rings is 2. The van der Waals surface area contributed by atoms with Crippen molar-refractivity contribution in [2.45, 2.75) is 4.90 Å². The summed E-state index contributed by atoms with van der Waals surface area (Å²) in [7, 11) is -4.43. The molecule has 3 rings (SSSR count). The highest BCUT2D eigenvalue weighted by Gasteiger charge is 2.31. The van der Waals surface area contributed by atoms with Crippen LogP contribution in [0.25, 0.3) is 0 Å². The van der Waals surface area contributed by atoms with Gasteiger partial charge in [-0.2, -0.15) is 0 Å². The minimum atomic E-state index is -4.43. The van der Waals surface area contributed by atoms with Gasteiger partial charge in [0, 0.05) is 26.2 Å². The highest BCUT2D eigenvalue weighted by molar-refractivity contribution is 7.92. The fraction of sp³-hybridized carbons (Fsp3) is 0.333. The van der Waals surface area contributed by atoms with Crippen LogP contribution in [0.2, 0.25) is 0 Å². The molecule has 9 heteroatoms. The summed E-state index contributed by atoms with van der Waals surface area (Å²) in [5.74, 6) is -4.97. The zero-order chi connectivity index (χ0) is 19.4. The third-order valence-electron chi connectivity index (χ3n) is 4.33. The van der Waals surface area contributed by atoms with Crippen LogP contribution >= 0.6 is 0 Å². The molecule has 0 aromatic heterocycles. The predicted molar refractivity (Wildman–Crippen MR) is 94.5 cm³/mol. The van der Waals surface area contributed by atoms with Gasteiger partial charge in [-0.1, -0.05) is 18.2 Å². The summed E-state index contributed by atoms with van der Waals surface area (Å²) >= 11 is 0. The first-order valence-corrected chi connectivity index (χ1v) is 9.86. The molecule has 0 N–H and O–H groups in total. The lowest BCUT2D eigenvalue weighted by molar-refractivity contribution is 0.0395. The predicted octanol–water partition coefficient (Wildman–Crippen LogP) is 2.63. The van der Waals surface area contributed by atoms with Gasteiger partial charge < -0.3 is 4.74 Å². The van der Waals surface area contributed by atoms with E-state index in [1.165, 1.54) is 0 Å². The van der Waals surface area contributed by atoms with E-state index in [0.29, 0.717) is 44.6 Å². The molecule has 0 atom stereocenters. The van der Waals surface area contributed by atoms with Crippen molar-refractivity contribution in [1.29, 1.82) is 0 Å². The Morgan fingerprint density at radius 1 is 0.963 bits per heavy atom. The summed E-state index contributed by atoms with van der Waals surface area (Å²) in [6.07, 6.45) is 0. The Kier molecular flexibility index (Phi) is 6.03. The molecule has 146 valence electrons. The van der Waals surface area contributed by atoms with Crippen molar-refractivity contribution < 1.29 is 26.3 Å². The number of anilines is 1. The van der Waals surface area contributed by atoms with E-state index in [1.54, 1.807) is 30.3 Å². The van der Waals surface area contributed by atoms with Gasteiger partial charge in [-0.25, -0.2) is 21.6 Å². The van der Waals surface area contributed by atoms with Gasteiger partial charge in [0.25, 0.3) is 10.0 Å². The van der Waals surface area contributed by atoms with Crippen molar-refractivity contribution in [3.63, 3.8) is 0 Å². The summed E-state index contributed by atoms with van der Waals surface area (Å²) in [6.45, 7) is 2.84. The minimum Gasteiger partial charge on any atom is -0.379 e. The first-order chi connectivity index (χ1) is 12.9. The van der Waals surface area contributed by atoms with E-state index in [0.717, 1.165) is 10.4 Å². The lowest BCUT2D eigenvalue weighted by atomic mass is 10.3. The molecule has 0 radical (unpaired) electrons. The maximum absolute atomic E-state index is 14.2. The molecule has 1 aliphatic rings. The summed E-state index contributed by atoms with van der Waals surface area (Å²) in [6, 6.07) is 9.49. The molecule has 27 heavy (non-hydrogen) atoms. The zero-order valence-electron chi connectivity index (χ0n) is 14.4. The van der Waals surface area contributed by atoms with Crippen molar-refractivity contribution in [1.82, 2.24) is 4.90 Å². The second kappa shape index (κ2) is 8.28. The van der Waals surface area contributed by atoms with Crippen molar-refractivity contribution in [3.8, 4) is 0 Å². The quantitative estimate of drug-likeness (QED) is 0.700. The number of hydrogen-bond acceptors (Lipinski definition) is 4. The Morgan fingerprint density at radius 2 is 1.63 bits per heavy atom. The maximum Gasteiger partial charge on any atom is 0.267 e. The third-order valence-corrected chi connectivity index (χ3v) is 6.18. The van der Waals surface area contributed by atoms with Gasteiger partial charge in [-0.05, 0) is 24.3 Å². The van der Waals surface area contributed by atoms with Crippen LogP contribution in [0.5, 0.6) is 0 Å². The highest BCUT2D eigenvalue weighted by atomic mass is 32.2. The van der Waals surface area contributed by atoms with Crippen LogP contribution in [0.15, 0.2) is 47.4 Å². The van der Waals surface area contributed by atoms with Gasteiger partial charge in [0.05, 0.1) is 18.9 Å². The van der Waals surface area contributed by atoms with E-state index in [4.69, 9.17) is 4.74 Å². The number of nitrogens with zero attached hydrogens (tertiary/aromatic N) is 2. The standard InChI is InChI=1S/C18H19F3N2O3S/c19-15-6-7-16(18(21)17(15)20)27(24,25)23(14-4-2-1-3-5-14)9-8-22-10-12-26-13-11-22/h1-7H,8-13H2. The van der Waals surface area contributed by atoms with Gasteiger partial charge in [0.1, 0.15) is 4.90 Å². The van der Waals surface area contributed by atoms with Gasteiger partial charge in [-0.15, -0.1) is 0 Å². The normalized spacial score (nSPS) is 15.7. The van der Waals surface area contributed by atoms with Crippen LogP contribution in [-0.4, -0.2) is 52.7 Å². The molecule has 5 nitrogen and oxygen atoms in total. The largest absolute Gasteiger partial charge is 0.379 e. The number of ether oxygens (including phenoxy) is 1. The molecule has 2 aromatic carbocycles. The second-order valence-electron chi connectivity index (χ2n) is 6.04. The zero-order valence-corrected chi connectivity index (χ0v) is 15.3. The highest BCUT2D eigenvalue weighted by Crippen LogP contribution is 2.27. The molecule has 0 aliphatic carbocycles. The van der Waals surface area contributed by atoms with Crippen molar-refractivity contribution in [2.24, 2.45) is 0 Å². The van der Waals surface area contributed by atoms with E-state index >= 15 is 0 Å². The second-order valence-corrected chi connectivity index (χ2v) is 7.87. The molecule has 1 saturated heterocycles. The Hall–Kier alpha value is -2.10. The minimum absolute atomic E-state index is 0.0325. The maximum atomic E-state index is 14.2. The number of rotatable bonds is 6. The average molecular weight is 400 g/mol. The fourth-order valence-corrected chi connectivity index (χ4v) is 4.38. The van der Waals surface area contributed by atoms with Crippen LogP contribution in [0.4, 0.5) is 18.9 Å². The summed E-state index contributed by atoms with van der Waals surface area (Å²) in [4.78, 5) is 1.13. The molecule has 0 bridgehead atoms. The van der Waals surface area contributed by atoms with E-state index in [2.05, 4.69) is 0 Å². The third kappa shape index (κ3) is 4.26. The van der Waals surface area contributed by atoms with E-state index in [9.17, 15) is 21.6 Å². The Balaban J connectivity index is 1.95. The van der Waals surface area contributed by atoms with Crippen molar-refractivity contribution in [2.75, 3.05) is 43.7 Å². The van der Waals surface area contributed by atoms with Gasteiger partial charge in [-0.3, -0.25) is 9.21 Å². The smallest absolute Gasteiger partial charge is 0.267 e. The molecule has 1 aliphatic heterocycles. The summed E-state index contributed by atoms with van der Waals surface area (Å²) in [5.41, 5.74) is 0.315. The fourth-order valence-electron chi connectivity index (χ4n) is 2.87. The molecule has 0 saturated carbocycles. The Bertz CT molecular complexity index is 888. The van der Waals surface area contributed by atoms with Gasteiger partial charge in [0.2, 0.25) is 0 Å². The van der Waals surface area contributed by atoms with Crippen LogP contribution in [0.3, 0.4) is 0 Å². The first-order valence-electron chi connectivity index (χ1n) is 8.42. The summed E-state index contributed by atoms with van der Waals surface area (Å²) < 4.78 is 73.4. The van der Waals surface area contributed by atoms with Crippen LogP contribution in [0.1, 0.15) is 0 Å². The van der Waals surface area contributed by atoms with Crippen molar-refractivity contribution >= 4 is 15.7 Å². The Labute approximate surface area is 156 Å². The Morgan fingerprint density at radius 3 is 2.30 bits per heavy atom. The molecule has 1 fully saturated rings. The van der Waals surface area contributed by atoms with Gasteiger partial charge >= 0.3 is 0 Å². The van der Waals surface area contributed by atoms with Crippen LogP contribution in [-0.2, 0) is 14.8 Å².